The fourth-order valence-electron chi connectivity index (χ4n) is 3.74. The molecular formula is C25H29BrN2O4. The van der Waals surface area contributed by atoms with Gasteiger partial charge in [-0.25, -0.2) is 0 Å². The van der Waals surface area contributed by atoms with Crippen molar-refractivity contribution >= 4 is 33.4 Å². The summed E-state index contributed by atoms with van der Waals surface area (Å²) in [7, 11) is 3.93. The molecule has 1 saturated heterocycles. The van der Waals surface area contributed by atoms with Crippen LogP contribution in [0.15, 0.2) is 58.6 Å². The molecule has 170 valence electrons. The number of likely N-dealkylation sites (tertiary alicyclic amines) is 1. The van der Waals surface area contributed by atoms with Crippen LogP contribution in [-0.4, -0.2) is 60.4 Å². The van der Waals surface area contributed by atoms with Crippen molar-refractivity contribution in [3.63, 3.8) is 0 Å². The van der Waals surface area contributed by atoms with Gasteiger partial charge in [0.1, 0.15) is 11.5 Å². The van der Waals surface area contributed by atoms with Crippen LogP contribution in [-0.2, 0) is 9.59 Å². The van der Waals surface area contributed by atoms with E-state index in [-0.39, 0.29) is 11.3 Å². The quantitative estimate of drug-likeness (QED) is 0.309. The fraction of sp³-hybridized carbons (Fsp3) is 0.360. The van der Waals surface area contributed by atoms with Gasteiger partial charge in [0, 0.05) is 16.6 Å². The highest BCUT2D eigenvalue weighted by atomic mass is 79.9. The lowest BCUT2D eigenvalue weighted by molar-refractivity contribution is -0.139. The smallest absolute Gasteiger partial charge is 0.295 e. The first-order valence-electron chi connectivity index (χ1n) is 10.7. The molecule has 32 heavy (non-hydrogen) atoms. The molecule has 6 nitrogen and oxygen atoms in total. The predicted molar refractivity (Wildman–Crippen MR) is 129 cm³/mol. The molecule has 1 aliphatic heterocycles. The summed E-state index contributed by atoms with van der Waals surface area (Å²) in [6.45, 7) is 3.84. The van der Waals surface area contributed by atoms with Crippen molar-refractivity contribution in [3.05, 3.63) is 69.7 Å². The largest absolute Gasteiger partial charge is 0.507 e. The van der Waals surface area contributed by atoms with Gasteiger partial charge in [0.05, 0.1) is 18.2 Å². The topological polar surface area (TPSA) is 70.1 Å². The lowest BCUT2D eigenvalue weighted by atomic mass is 9.95. The molecule has 1 aliphatic rings. The minimum atomic E-state index is -0.661. The van der Waals surface area contributed by atoms with E-state index in [0.29, 0.717) is 24.5 Å². The number of carbonyl (C=O) groups excluding carboxylic acids is 2. The molecule has 0 radical (unpaired) electrons. The molecule has 0 saturated carbocycles. The number of benzene rings is 2. The molecule has 1 N–H and O–H groups in total. The van der Waals surface area contributed by atoms with Crippen LogP contribution in [0.5, 0.6) is 5.75 Å². The maximum absolute atomic E-state index is 13.0. The Hall–Kier alpha value is -2.64. The number of Topliss-reactive ketones (excluding diaryl/α,β-unsaturated/α-hetero) is 1. The van der Waals surface area contributed by atoms with Crippen molar-refractivity contribution < 1.29 is 19.4 Å². The zero-order valence-electron chi connectivity index (χ0n) is 18.7. The lowest BCUT2D eigenvalue weighted by Crippen LogP contribution is -2.32. The van der Waals surface area contributed by atoms with Gasteiger partial charge in [-0.2, -0.15) is 0 Å². The molecule has 0 aliphatic carbocycles. The van der Waals surface area contributed by atoms with Crippen LogP contribution in [0.1, 0.15) is 36.9 Å². The summed E-state index contributed by atoms with van der Waals surface area (Å²) in [6, 6.07) is 13.8. The Labute approximate surface area is 197 Å². The van der Waals surface area contributed by atoms with E-state index in [4.69, 9.17) is 4.74 Å². The Kier molecular flexibility index (Phi) is 8.10. The van der Waals surface area contributed by atoms with Gasteiger partial charge in [0.15, 0.2) is 0 Å². The second kappa shape index (κ2) is 10.8. The predicted octanol–water partition coefficient (Wildman–Crippen LogP) is 4.61. The summed E-state index contributed by atoms with van der Waals surface area (Å²) in [6.07, 6.45) is 1.61. The van der Waals surface area contributed by atoms with E-state index >= 15 is 0 Å². The molecule has 1 unspecified atom stereocenters. The highest BCUT2D eigenvalue weighted by Gasteiger charge is 2.45. The van der Waals surface area contributed by atoms with Crippen molar-refractivity contribution in [1.29, 1.82) is 0 Å². The maximum Gasteiger partial charge on any atom is 0.295 e. The monoisotopic (exact) mass is 500 g/mol. The van der Waals surface area contributed by atoms with Gasteiger partial charge in [-0.15, -0.1) is 0 Å². The normalized spacial score (nSPS) is 17.9. The molecule has 1 atom stereocenters. The summed E-state index contributed by atoms with van der Waals surface area (Å²) in [5.41, 5.74) is 1.37. The van der Waals surface area contributed by atoms with Gasteiger partial charge in [-0.1, -0.05) is 35.0 Å². The third-order valence-electron chi connectivity index (χ3n) is 5.33. The molecule has 7 heteroatoms. The summed E-state index contributed by atoms with van der Waals surface area (Å²) >= 11 is 3.43. The van der Waals surface area contributed by atoms with E-state index in [1.54, 1.807) is 29.2 Å². The Morgan fingerprint density at radius 3 is 2.34 bits per heavy atom. The number of aliphatic hydroxyl groups excluding tert-OH is 1. The molecular weight excluding hydrogens is 472 g/mol. The molecule has 3 rings (SSSR count). The average molecular weight is 501 g/mol. The number of carbonyl (C=O) groups is 2. The Bertz CT molecular complexity index is 984. The van der Waals surface area contributed by atoms with Crippen molar-refractivity contribution in [2.24, 2.45) is 0 Å². The maximum atomic E-state index is 13.0. The number of halogens is 1. The second-order valence-electron chi connectivity index (χ2n) is 8.07. The van der Waals surface area contributed by atoms with E-state index in [1.807, 2.05) is 50.2 Å². The SMILES string of the molecule is CCCOc1ccc(/C(O)=C2\C(=O)C(=O)N(CCCN(C)C)C2c2ccc(Br)cc2)cc1. The van der Waals surface area contributed by atoms with Gasteiger partial charge in [-0.3, -0.25) is 9.59 Å². The first-order valence-corrected chi connectivity index (χ1v) is 11.5. The van der Waals surface area contributed by atoms with Crippen LogP contribution in [0.4, 0.5) is 0 Å². The van der Waals surface area contributed by atoms with E-state index in [1.165, 1.54) is 0 Å². The van der Waals surface area contributed by atoms with E-state index in [9.17, 15) is 14.7 Å². The van der Waals surface area contributed by atoms with E-state index in [0.717, 1.165) is 29.4 Å². The molecule has 0 bridgehead atoms. The molecule has 2 aromatic carbocycles. The summed E-state index contributed by atoms with van der Waals surface area (Å²) in [5.74, 6) is -0.724. The molecule has 0 spiro atoms. The van der Waals surface area contributed by atoms with Crippen LogP contribution in [0.2, 0.25) is 0 Å². The summed E-state index contributed by atoms with van der Waals surface area (Å²) < 4.78 is 6.50. The first-order chi connectivity index (χ1) is 15.3. The number of hydrogen-bond donors (Lipinski definition) is 1. The van der Waals surface area contributed by atoms with Gasteiger partial charge in [0.25, 0.3) is 11.7 Å². The van der Waals surface area contributed by atoms with Crippen molar-refractivity contribution in [2.75, 3.05) is 33.8 Å². The van der Waals surface area contributed by atoms with Crippen LogP contribution < -0.4 is 4.74 Å². The molecule has 1 heterocycles. The Morgan fingerprint density at radius 2 is 1.75 bits per heavy atom. The Morgan fingerprint density at radius 1 is 1.09 bits per heavy atom. The molecule has 1 amide bonds. The van der Waals surface area contributed by atoms with Gasteiger partial charge in [-0.05, 0) is 75.4 Å². The Balaban J connectivity index is 2.01. The van der Waals surface area contributed by atoms with Crippen LogP contribution in [0.3, 0.4) is 0 Å². The zero-order valence-corrected chi connectivity index (χ0v) is 20.3. The van der Waals surface area contributed by atoms with Crippen LogP contribution in [0, 0.1) is 0 Å². The molecule has 0 aromatic heterocycles. The van der Waals surface area contributed by atoms with Gasteiger partial charge >= 0.3 is 0 Å². The number of ether oxygens (including phenoxy) is 1. The minimum absolute atomic E-state index is 0.115. The van der Waals surface area contributed by atoms with Crippen molar-refractivity contribution in [3.8, 4) is 5.75 Å². The number of rotatable bonds is 9. The fourth-order valence-corrected chi connectivity index (χ4v) is 4.01. The van der Waals surface area contributed by atoms with Gasteiger partial charge in [0.2, 0.25) is 0 Å². The van der Waals surface area contributed by atoms with Gasteiger partial charge < -0.3 is 19.6 Å². The van der Waals surface area contributed by atoms with Crippen molar-refractivity contribution in [2.45, 2.75) is 25.8 Å². The van der Waals surface area contributed by atoms with Crippen LogP contribution in [0.25, 0.3) is 5.76 Å². The summed E-state index contributed by atoms with van der Waals surface area (Å²) in [4.78, 5) is 29.6. The van der Waals surface area contributed by atoms with Crippen LogP contribution >= 0.6 is 15.9 Å². The molecule has 1 fully saturated rings. The number of aliphatic hydroxyl groups is 1. The number of nitrogens with zero attached hydrogens (tertiary/aromatic N) is 2. The second-order valence-corrected chi connectivity index (χ2v) is 8.99. The number of hydrogen-bond acceptors (Lipinski definition) is 5. The number of amides is 1. The average Bonchev–Trinajstić information content (AvgIpc) is 3.03. The van der Waals surface area contributed by atoms with E-state index < -0.39 is 17.7 Å². The zero-order chi connectivity index (χ0) is 23.3. The lowest BCUT2D eigenvalue weighted by Gasteiger charge is -2.26. The third kappa shape index (κ3) is 5.40. The number of ketones is 1. The highest BCUT2D eigenvalue weighted by molar-refractivity contribution is 9.10. The van der Waals surface area contributed by atoms with E-state index in [2.05, 4.69) is 15.9 Å². The minimum Gasteiger partial charge on any atom is -0.507 e. The highest BCUT2D eigenvalue weighted by Crippen LogP contribution is 2.39. The molecule has 2 aromatic rings. The standard InChI is InChI=1S/C25H29BrN2O4/c1-4-16-32-20-12-8-18(9-13-20)23(29)21-22(17-6-10-19(26)11-7-17)28(25(31)24(21)30)15-5-14-27(2)3/h6-13,22,29H,4-5,14-16H2,1-3H3/b23-21+. The first kappa shape index (κ1) is 24.0. The summed E-state index contributed by atoms with van der Waals surface area (Å²) in [5, 5.41) is 11.1. The van der Waals surface area contributed by atoms with Crippen molar-refractivity contribution in [1.82, 2.24) is 9.80 Å². The third-order valence-corrected chi connectivity index (χ3v) is 5.86.